The first kappa shape index (κ1) is 13.6. The summed E-state index contributed by atoms with van der Waals surface area (Å²) in [7, 11) is 0. The van der Waals surface area contributed by atoms with Gasteiger partial charge in [0.05, 0.1) is 0 Å². The van der Waals surface area contributed by atoms with Crippen molar-refractivity contribution >= 4 is 17.4 Å². The predicted molar refractivity (Wildman–Crippen MR) is 89.6 cm³/mol. The molecule has 1 saturated heterocycles. The van der Waals surface area contributed by atoms with E-state index in [-0.39, 0.29) is 0 Å². The average Bonchev–Trinajstić information content (AvgIpc) is 2.88. The van der Waals surface area contributed by atoms with Crippen molar-refractivity contribution in [3.05, 3.63) is 65.7 Å². The lowest BCUT2D eigenvalue weighted by Gasteiger charge is -2.20. The van der Waals surface area contributed by atoms with Crippen molar-refractivity contribution in [2.24, 2.45) is 0 Å². The van der Waals surface area contributed by atoms with Gasteiger partial charge in [-0.3, -0.25) is 0 Å². The van der Waals surface area contributed by atoms with E-state index in [2.05, 4.69) is 78.6 Å². The molecule has 0 saturated carbocycles. The number of para-hydroxylation sites is 1. The fourth-order valence-corrected chi connectivity index (χ4v) is 3.95. The zero-order valence-corrected chi connectivity index (χ0v) is 12.7. The zero-order valence-electron chi connectivity index (χ0n) is 11.9. The van der Waals surface area contributed by atoms with E-state index in [1.54, 1.807) is 0 Å². The summed E-state index contributed by atoms with van der Waals surface area (Å²) in [4.78, 5) is 0. The van der Waals surface area contributed by atoms with Crippen molar-refractivity contribution < 1.29 is 0 Å². The Morgan fingerprint density at radius 3 is 2.55 bits per heavy atom. The molecule has 1 aliphatic heterocycles. The van der Waals surface area contributed by atoms with Gasteiger partial charge in [0.25, 0.3) is 0 Å². The number of thioether (sulfide) groups is 1. The molecule has 20 heavy (non-hydrogen) atoms. The molecule has 2 heteroatoms. The van der Waals surface area contributed by atoms with Gasteiger partial charge < -0.3 is 5.32 Å². The van der Waals surface area contributed by atoms with E-state index in [4.69, 9.17) is 0 Å². The summed E-state index contributed by atoms with van der Waals surface area (Å²) >= 11 is 2.07. The molecule has 0 aliphatic carbocycles. The van der Waals surface area contributed by atoms with Crippen LogP contribution in [0.25, 0.3) is 0 Å². The molecule has 3 rings (SSSR count). The number of hydrogen-bond donors (Lipinski definition) is 1. The molecule has 2 aromatic carbocycles. The molecule has 1 heterocycles. The van der Waals surface area contributed by atoms with Crippen LogP contribution in [0.5, 0.6) is 0 Å². The van der Waals surface area contributed by atoms with Gasteiger partial charge in [0.1, 0.15) is 0 Å². The summed E-state index contributed by atoms with van der Waals surface area (Å²) in [6.07, 6.45) is 2.27. The van der Waals surface area contributed by atoms with E-state index in [1.165, 1.54) is 29.0 Å². The number of nitrogens with one attached hydrogen (secondary N) is 1. The molecule has 0 spiro atoms. The maximum absolute atomic E-state index is 3.76. The molecular weight excluding hydrogens is 262 g/mol. The van der Waals surface area contributed by atoms with Crippen LogP contribution in [-0.4, -0.2) is 17.0 Å². The molecule has 1 nitrogen and oxygen atoms in total. The Labute approximate surface area is 125 Å². The lowest BCUT2D eigenvalue weighted by Crippen LogP contribution is -2.25. The minimum Gasteiger partial charge on any atom is -0.381 e. The quantitative estimate of drug-likeness (QED) is 0.881. The van der Waals surface area contributed by atoms with Crippen molar-refractivity contribution in [2.75, 3.05) is 11.1 Å². The largest absolute Gasteiger partial charge is 0.381 e. The van der Waals surface area contributed by atoms with Crippen molar-refractivity contribution in [1.29, 1.82) is 0 Å². The fourth-order valence-electron chi connectivity index (χ4n) is 2.75. The second kappa shape index (κ2) is 6.36. The van der Waals surface area contributed by atoms with E-state index < -0.39 is 0 Å². The SMILES string of the molecule is CC1SCCC1Nc1ccccc1Cc1ccccc1. The highest BCUT2D eigenvalue weighted by Crippen LogP contribution is 2.30. The predicted octanol–water partition coefficient (Wildman–Crippen LogP) is 4.58. The molecule has 1 N–H and O–H groups in total. The van der Waals surface area contributed by atoms with Crippen LogP contribution in [0.15, 0.2) is 54.6 Å². The van der Waals surface area contributed by atoms with Gasteiger partial charge in [-0.05, 0) is 35.8 Å². The lowest BCUT2D eigenvalue weighted by atomic mass is 10.0. The molecule has 0 amide bonds. The molecule has 1 fully saturated rings. The van der Waals surface area contributed by atoms with Gasteiger partial charge in [0, 0.05) is 17.0 Å². The Morgan fingerprint density at radius 1 is 1.05 bits per heavy atom. The van der Waals surface area contributed by atoms with Gasteiger partial charge in [-0.15, -0.1) is 0 Å². The topological polar surface area (TPSA) is 12.0 Å². The summed E-state index contributed by atoms with van der Waals surface area (Å²) in [5.41, 5.74) is 4.06. The molecule has 1 aliphatic rings. The highest BCUT2D eigenvalue weighted by molar-refractivity contribution is 8.00. The maximum Gasteiger partial charge on any atom is 0.0385 e. The Hall–Kier alpha value is -1.41. The summed E-state index contributed by atoms with van der Waals surface area (Å²) in [5.74, 6) is 1.28. The molecule has 0 aromatic heterocycles. The molecule has 2 unspecified atom stereocenters. The Morgan fingerprint density at radius 2 is 1.80 bits per heavy atom. The van der Waals surface area contributed by atoms with Crippen molar-refractivity contribution in [3.63, 3.8) is 0 Å². The van der Waals surface area contributed by atoms with Gasteiger partial charge in [-0.1, -0.05) is 55.5 Å². The second-order valence-corrected chi connectivity index (χ2v) is 6.92. The Kier molecular flexibility index (Phi) is 4.31. The Bertz CT molecular complexity index is 552. The van der Waals surface area contributed by atoms with Gasteiger partial charge in [0.2, 0.25) is 0 Å². The van der Waals surface area contributed by atoms with Crippen LogP contribution in [0, 0.1) is 0 Å². The van der Waals surface area contributed by atoms with Crippen LogP contribution in [0.3, 0.4) is 0 Å². The van der Waals surface area contributed by atoms with Crippen LogP contribution in [0.2, 0.25) is 0 Å². The van der Waals surface area contributed by atoms with E-state index >= 15 is 0 Å². The van der Waals surface area contributed by atoms with Crippen molar-refractivity contribution in [1.82, 2.24) is 0 Å². The third-order valence-electron chi connectivity index (χ3n) is 3.97. The number of benzene rings is 2. The molecule has 104 valence electrons. The number of hydrogen-bond acceptors (Lipinski definition) is 2. The minimum absolute atomic E-state index is 0.608. The third-order valence-corrected chi connectivity index (χ3v) is 5.30. The van der Waals surface area contributed by atoms with Gasteiger partial charge in [-0.25, -0.2) is 0 Å². The zero-order chi connectivity index (χ0) is 13.8. The molecule has 0 radical (unpaired) electrons. The van der Waals surface area contributed by atoms with Crippen LogP contribution >= 0.6 is 11.8 Å². The maximum atomic E-state index is 3.76. The smallest absolute Gasteiger partial charge is 0.0385 e. The standard InChI is InChI=1S/C18H21NS/c1-14-17(11-12-20-14)19-18-10-6-5-9-16(18)13-15-7-3-2-4-8-15/h2-10,14,17,19H,11-13H2,1H3. The first-order valence-electron chi connectivity index (χ1n) is 7.33. The normalized spacial score (nSPS) is 21.9. The van der Waals surface area contributed by atoms with Crippen LogP contribution < -0.4 is 5.32 Å². The summed E-state index contributed by atoms with van der Waals surface area (Å²) in [5, 5.41) is 4.47. The minimum atomic E-state index is 0.608. The molecular formula is C18H21NS. The summed E-state index contributed by atoms with van der Waals surface area (Å²) in [6, 6.07) is 20.0. The summed E-state index contributed by atoms with van der Waals surface area (Å²) in [6.45, 7) is 2.33. The van der Waals surface area contributed by atoms with Crippen LogP contribution in [-0.2, 0) is 6.42 Å². The van der Waals surface area contributed by atoms with E-state index in [0.717, 1.165) is 6.42 Å². The first-order valence-corrected chi connectivity index (χ1v) is 8.38. The van der Waals surface area contributed by atoms with Crippen LogP contribution in [0.1, 0.15) is 24.5 Å². The van der Waals surface area contributed by atoms with E-state index in [0.29, 0.717) is 11.3 Å². The van der Waals surface area contributed by atoms with Gasteiger partial charge in [-0.2, -0.15) is 11.8 Å². The van der Waals surface area contributed by atoms with Gasteiger partial charge in [0.15, 0.2) is 0 Å². The first-order chi connectivity index (χ1) is 9.83. The highest BCUT2D eigenvalue weighted by Gasteiger charge is 2.24. The number of anilines is 1. The third kappa shape index (κ3) is 3.18. The average molecular weight is 283 g/mol. The highest BCUT2D eigenvalue weighted by atomic mass is 32.2. The fraction of sp³-hybridized carbons (Fsp3) is 0.333. The lowest BCUT2D eigenvalue weighted by molar-refractivity contribution is 0.723. The van der Waals surface area contributed by atoms with E-state index in [9.17, 15) is 0 Å². The van der Waals surface area contributed by atoms with Crippen LogP contribution in [0.4, 0.5) is 5.69 Å². The second-order valence-electron chi connectivity index (χ2n) is 5.43. The Balaban J connectivity index is 1.77. The molecule has 2 aromatic rings. The van der Waals surface area contributed by atoms with Crippen molar-refractivity contribution in [2.45, 2.75) is 31.1 Å². The van der Waals surface area contributed by atoms with Gasteiger partial charge >= 0.3 is 0 Å². The summed E-state index contributed by atoms with van der Waals surface area (Å²) < 4.78 is 0. The molecule has 0 bridgehead atoms. The van der Waals surface area contributed by atoms with Crippen molar-refractivity contribution in [3.8, 4) is 0 Å². The monoisotopic (exact) mass is 283 g/mol. The number of rotatable bonds is 4. The molecule has 2 atom stereocenters. The van der Waals surface area contributed by atoms with E-state index in [1.807, 2.05) is 0 Å².